The number of carbonyl (C=O) groups is 2. The van der Waals surface area contributed by atoms with E-state index in [0.29, 0.717) is 30.4 Å². The first kappa shape index (κ1) is 23.7. The summed E-state index contributed by atoms with van der Waals surface area (Å²) in [6.45, 7) is 0.953. The molecule has 1 fully saturated rings. The van der Waals surface area contributed by atoms with Gasteiger partial charge in [-0.25, -0.2) is 9.38 Å². The third-order valence-corrected chi connectivity index (χ3v) is 6.69. The predicted molar refractivity (Wildman–Crippen MR) is 135 cm³/mol. The van der Waals surface area contributed by atoms with E-state index >= 15 is 0 Å². The summed E-state index contributed by atoms with van der Waals surface area (Å²) in [6.07, 6.45) is 1.50. The van der Waals surface area contributed by atoms with E-state index < -0.39 is 5.25 Å². The summed E-state index contributed by atoms with van der Waals surface area (Å²) < 4.78 is 13.4. The largest absolute Gasteiger partial charge is 0.355 e. The summed E-state index contributed by atoms with van der Waals surface area (Å²) in [4.78, 5) is 32.2. The Bertz CT molecular complexity index is 1140. The third-order valence-electron chi connectivity index (χ3n) is 5.51. The van der Waals surface area contributed by atoms with Crippen molar-refractivity contribution in [2.75, 3.05) is 13.1 Å². The van der Waals surface area contributed by atoms with Gasteiger partial charge in [0.1, 0.15) is 5.82 Å². The van der Waals surface area contributed by atoms with Crippen molar-refractivity contribution < 1.29 is 14.0 Å². The van der Waals surface area contributed by atoms with Crippen LogP contribution in [0.15, 0.2) is 89.9 Å². The molecule has 1 atom stereocenters. The zero-order valence-electron chi connectivity index (χ0n) is 18.7. The Morgan fingerprint density at radius 1 is 0.941 bits per heavy atom. The summed E-state index contributed by atoms with van der Waals surface area (Å²) in [5.74, 6) is -0.671. The quantitative estimate of drug-likeness (QED) is 0.512. The van der Waals surface area contributed by atoms with E-state index in [9.17, 15) is 14.0 Å². The fraction of sp³-hybridized carbons (Fsp3) is 0.222. The summed E-state index contributed by atoms with van der Waals surface area (Å²) >= 11 is 1.28. The van der Waals surface area contributed by atoms with Crippen molar-refractivity contribution in [2.45, 2.75) is 24.5 Å². The number of thioether (sulfide) groups is 1. The van der Waals surface area contributed by atoms with Gasteiger partial charge in [-0.05, 0) is 48.2 Å². The number of nitrogens with one attached hydrogen (secondary N) is 1. The zero-order chi connectivity index (χ0) is 23.8. The molecular weight excluding hydrogens is 449 g/mol. The molecule has 0 aromatic heterocycles. The highest BCUT2D eigenvalue weighted by Gasteiger charge is 2.35. The second-order valence-electron chi connectivity index (χ2n) is 7.99. The Kier molecular flexibility index (Phi) is 8.09. The molecule has 7 heteroatoms. The maximum Gasteiger partial charge on any atom is 0.234 e. The molecule has 0 bridgehead atoms. The van der Waals surface area contributed by atoms with Gasteiger partial charge in [0.05, 0.1) is 10.9 Å². The van der Waals surface area contributed by atoms with Crippen LogP contribution in [0.2, 0.25) is 0 Å². The minimum Gasteiger partial charge on any atom is -0.355 e. The molecule has 5 nitrogen and oxygen atoms in total. The van der Waals surface area contributed by atoms with Crippen LogP contribution in [0.1, 0.15) is 17.5 Å². The summed E-state index contributed by atoms with van der Waals surface area (Å²) in [5, 5.41) is 2.85. The molecular formula is C27H26FN3O2S. The monoisotopic (exact) mass is 475 g/mol. The van der Waals surface area contributed by atoms with Crippen molar-refractivity contribution in [3.05, 3.63) is 102 Å². The van der Waals surface area contributed by atoms with E-state index in [1.165, 1.54) is 23.9 Å². The van der Waals surface area contributed by atoms with Crippen molar-refractivity contribution in [3.63, 3.8) is 0 Å². The maximum absolute atomic E-state index is 13.4. The number of amidine groups is 1. The number of halogens is 1. The highest BCUT2D eigenvalue weighted by molar-refractivity contribution is 8.15. The number of aliphatic imine (C=N–C) groups is 1. The number of benzene rings is 3. The lowest BCUT2D eigenvalue weighted by molar-refractivity contribution is -0.130. The first-order valence-electron chi connectivity index (χ1n) is 11.3. The Hall–Kier alpha value is -3.45. The first-order chi connectivity index (χ1) is 16.6. The van der Waals surface area contributed by atoms with E-state index in [2.05, 4.69) is 10.3 Å². The molecule has 1 aliphatic rings. The van der Waals surface area contributed by atoms with Crippen LogP contribution >= 0.6 is 11.8 Å². The molecule has 1 heterocycles. The molecule has 0 saturated carbocycles. The van der Waals surface area contributed by atoms with E-state index in [4.69, 9.17) is 0 Å². The minimum absolute atomic E-state index is 0.110. The van der Waals surface area contributed by atoms with Crippen LogP contribution in [0.3, 0.4) is 0 Å². The van der Waals surface area contributed by atoms with Gasteiger partial charge in [-0.1, -0.05) is 72.4 Å². The number of hydrogen-bond acceptors (Lipinski definition) is 4. The van der Waals surface area contributed by atoms with Crippen LogP contribution in [0.25, 0.3) is 0 Å². The van der Waals surface area contributed by atoms with Gasteiger partial charge in [0.25, 0.3) is 0 Å². The average Bonchev–Trinajstić information content (AvgIpc) is 2.86. The van der Waals surface area contributed by atoms with E-state index in [0.717, 1.165) is 17.5 Å². The topological polar surface area (TPSA) is 61.8 Å². The molecule has 0 spiro atoms. The number of carbonyl (C=O) groups excluding carboxylic acids is 2. The molecule has 0 unspecified atom stereocenters. The van der Waals surface area contributed by atoms with E-state index in [1.807, 2.05) is 60.7 Å². The first-order valence-corrected chi connectivity index (χ1v) is 12.1. The molecule has 174 valence electrons. The van der Waals surface area contributed by atoms with Crippen LogP contribution < -0.4 is 5.32 Å². The zero-order valence-corrected chi connectivity index (χ0v) is 19.5. The smallest absolute Gasteiger partial charge is 0.234 e. The average molecular weight is 476 g/mol. The highest BCUT2D eigenvalue weighted by atomic mass is 32.2. The van der Waals surface area contributed by atoms with Crippen molar-refractivity contribution in [3.8, 4) is 0 Å². The molecule has 3 aromatic carbocycles. The van der Waals surface area contributed by atoms with Crippen LogP contribution in [-0.4, -0.2) is 40.2 Å². The number of hydrogen-bond donors (Lipinski definition) is 1. The van der Waals surface area contributed by atoms with Crippen molar-refractivity contribution in [2.24, 2.45) is 4.99 Å². The van der Waals surface area contributed by atoms with Crippen LogP contribution in [0, 0.1) is 5.82 Å². The van der Waals surface area contributed by atoms with Crippen molar-refractivity contribution in [1.82, 2.24) is 10.2 Å². The summed E-state index contributed by atoms with van der Waals surface area (Å²) in [5.41, 5.74) is 2.79. The van der Waals surface area contributed by atoms with Crippen LogP contribution in [0.4, 0.5) is 10.1 Å². The molecule has 3 aromatic rings. The van der Waals surface area contributed by atoms with Gasteiger partial charge in [0.15, 0.2) is 5.17 Å². The normalized spacial score (nSPS) is 17.1. The fourth-order valence-electron chi connectivity index (χ4n) is 3.66. The second-order valence-corrected chi connectivity index (χ2v) is 9.16. The molecule has 2 amide bonds. The Morgan fingerprint density at radius 2 is 1.56 bits per heavy atom. The van der Waals surface area contributed by atoms with Crippen molar-refractivity contribution in [1.29, 1.82) is 0 Å². The van der Waals surface area contributed by atoms with Gasteiger partial charge in [-0.3, -0.25) is 14.5 Å². The SMILES string of the molecule is O=C(NCCc1ccccc1)[C@H]1CC(=O)N(CCc2ccccc2)C(=Nc2ccc(F)cc2)S1. The number of rotatable bonds is 8. The van der Waals surface area contributed by atoms with Gasteiger partial charge in [0, 0.05) is 19.5 Å². The Balaban J connectivity index is 1.46. The lowest BCUT2D eigenvalue weighted by Crippen LogP contribution is -2.47. The number of nitrogens with zero attached hydrogens (tertiary/aromatic N) is 2. The van der Waals surface area contributed by atoms with Gasteiger partial charge in [0.2, 0.25) is 11.8 Å². The fourth-order valence-corrected chi connectivity index (χ4v) is 4.81. The molecule has 0 radical (unpaired) electrons. The molecule has 0 aliphatic carbocycles. The minimum atomic E-state index is -0.560. The lowest BCUT2D eigenvalue weighted by Gasteiger charge is -2.32. The molecule has 34 heavy (non-hydrogen) atoms. The van der Waals surface area contributed by atoms with Crippen LogP contribution in [0.5, 0.6) is 0 Å². The van der Waals surface area contributed by atoms with Crippen molar-refractivity contribution >= 4 is 34.4 Å². The standard InChI is InChI=1S/C27H26FN3O2S/c28-22-11-13-23(14-12-22)30-27-31(18-16-21-9-5-2-6-10-21)25(32)19-24(34-27)26(33)29-17-15-20-7-3-1-4-8-20/h1-14,24H,15-19H2,(H,29,33)/t24-/m1/s1. The highest BCUT2D eigenvalue weighted by Crippen LogP contribution is 2.29. The molecule has 1 aliphatic heterocycles. The summed E-state index contributed by atoms with van der Waals surface area (Å²) in [7, 11) is 0. The Morgan fingerprint density at radius 3 is 2.21 bits per heavy atom. The van der Waals surface area contributed by atoms with E-state index in [-0.39, 0.29) is 24.1 Å². The van der Waals surface area contributed by atoms with E-state index in [1.54, 1.807) is 17.0 Å². The third kappa shape index (κ3) is 6.54. The molecule has 1 saturated heterocycles. The second kappa shape index (κ2) is 11.6. The van der Waals surface area contributed by atoms with Gasteiger partial charge in [-0.15, -0.1) is 0 Å². The van der Waals surface area contributed by atoms with Gasteiger partial charge < -0.3 is 5.32 Å². The van der Waals surface area contributed by atoms with Gasteiger partial charge in [-0.2, -0.15) is 0 Å². The predicted octanol–water partition coefficient (Wildman–Crippen LogP) is 4.75. The van der Waals surface area contributed by atoms with Gasteiger partial charge >= 0.3 is 0 Å². The number of amides is 2. The lowest BCUT2D eigenvalue weighted by atomic mass is 10.1. The Labute approximate surface area is 203 Å². The maximum atomic E-state index is 13.4. The summed E-state index contributed by atoms with van der Waals surface area (Å²) in [6, 6.07) is 25.6. The molecule has 1 N–H and O–H groups in total. The van der Waals surface area contributed by atoms with Crippen LogP contribution in [-0.2, 0) is 22.4 Å². The molecule has 4 rings (SSSR count).